The smallest absolute Gasteiger partial charge is 0 e. The Morgan fingerprint density at radius 2 is 0.727 bits per heavy atom. The summed E-state index contributed by atoms with van der Waals surface area (Å²) >= 11 is 0. The van der Waals surface area contributed by atoms with E-state index in [9.17, 15) is 0 Å². The fourth-order valence-corrected chi connectivity index (χ4v) is 0. The van der Waals surface area contributed by atoms with E-state index < -0.39 is 0 Å². The summed E-state index contributed by atoms with van der Waals surface area (Å²) in [5, 5.41) is 18.0. The maximum Gasteiger partial charge on any atom is 0 e. The van der Waals surface area contributed by atoms with Crippen molar-refractivity contribution < 1.29 is 20.4 Å². The minimum absolute atomic E-state index is 0. The molecule has 0 radical (unpaired) electrons. The molecule has 0 aromatic carbocycles. The summed E-state index contributed by atoms with van der Waals surface area (Å²) < 4.78 is 0. The molecule has 78 valence electrons. The van der Waals surface area contributed by atoms with E-state index in [2.05, 4.69) is 0 Å². The van der Waals surface area contributed by atoms with Gasteiger partial charge in [-0.25, -0.2) is 0 Å². The SMILES string of the molecule is N.N.N.N.O=N[O-].O=N[O-].[Pd]. The number of nitrogens with zero attached hydrogens (tertiary/aromatic N) is 2. The standard InChI is InChI=1S/2HNO2.4H3N.Pd/c2*2-1-3;;;;;/h2*(H,2,3);4*1H3;/p-2. The topological polar surface area (TPSA) is 245 Å². The van der Waals surface area contributed by atoms with E-state index in [1.54, 1.807) is 0 Å². The maximum atomic E-state index is 8.00. The van der Waals surface area contributed by atoms with Gasteiger partial charge in [0.1, 0.15) is 0 Å². The van der Waals surface area contributed by atoms with E-state index in [4.69, 9.17) is 20.2 Å². The molecule has 0 aliphatic heterocycles. The Labute approximate surface area is 76.6 Å². The van der Waals surface area contributed by atoms with Gasteiger partial charge >= 0.3 is 0 Å². The first-order chi connectivity index (χ1) is 2.83. The predicted molar refractivity (Wildman–Crippen MR) is 38.4 cm³/mol. The second-order valence-electron chi connectivity index (χ2n) is 0.149. The molecule has 0 fully saturated rings. The molecule has 0 aliphatic rings. The van der Waals surface area contributed by atoms with Crippen LogP contribution in [0.2, 0.25) is 0 Å². The second kappa shape index (κ2) is 378. The van der Waals surface area contributed by atoms with Crippen LogP contribution in [0.5, 0.6) is 0 Å². The van der Waals surface area contributed by atoms with Gasteiger partial charge in [0.25, 0.3) is 0 Å². The van der Waals surface area contributed by atoms with Crippen LogP contribution in [0.1, 0.15) is 0 Å². The monoisotopic (exact) mass is 266 g/mol. The largest absolute Gasteiger partial charge is 0.444 e. The van der Waals surface area contributed by atoms with Crippen molar-refractivity contribution in [1.82, 2.24) is 24.6 Å². The third-order valence-electron chi connectivity index (χ3n) is 0. The number of hydrogen-bond acceptors (Lipinski definition) is 10. The fourth-order valence-electron chi connectivity index (χ4n) is 0. The van der Waals surface area contributed by atoms with Gasteiger partial charge in [0.05, 0.1) is 0 Å². The molecular formula is H12N6O4Pd-2. The van der Waals surface area contributed by atoms with Crippen LogP contribution in [0.15, 0.2) is 10.7 Å². The van der Waals surface area contributed by atoms with Crippen molar-refractivity contribution in [3.05, 3.63) is 20.2 Å². The minimum atomic E-state index is 0. The summed E-state index contributed by atoms with van der Waals surface area (Å²) in [4.78, 5) is 16.0. The van der Waals surface area contributed by atoms with Gasteiger partial charge < -0.3 is 44.8 Å². The summed E-state index contributed by atoms with van der Waals surface area (Å²) in [7, 11) is 0. The van der Waals surface area contributed by atoms with E-state index in [-0.39, 0.29) is 45.0 Å². The van der Waals surface area contributed by atoms with Crippen LogP contribution in [0.25, 0.3) is 0 Å². The van der Waals surface area contributed by atoms with Crippen molar-refractivity contribution in [2.24, 2.45) is 10.7 Å². The summed E-state index contributed by atoms with van der Waals surface area (Å²) in [5.74, 6) is 0. The van der Waals surface area contributed by atoms with Crippen LogP contribution in [0.4, 0.5) is 0 Å². The molecule has 11 heteroatoms. The Hall–Kier alpha value is -0.698. The van der Waals surface area contributed by atoms with Crippen molar-refractivity contribution in [3.8, 4) is 0 Å². The van der Waals surface area contributed by atoms with Crippen molar-refractivity contribution in [3.63, 3.8) is 0 Å². The molecule has 0 heterocycles. The molecule has 0 aromatic heterocycles. The maximum absolute atomic E-state index is 8.00. The molecular weight excluding hydrogens is 254 g/mol. The van der Waals surface area contributed by atoms with Gasteiger partial charge in [-0.15, -0.1) is 10.7 Å². The van der Waals surface area contributed by atoms with Gasteiger partial charge in [0.2, 0.25) is 0 Å². The first kappa shape index (κ1) is 81.7. The van der Waals surface area contributed by atoms with Crippen molar-refractivity contribution in [1.29, 1.82) is 0 Å². The van der Waals surface area contributed by atoms with E-state index >= 15 is 0 Å². The van der Waals surface area contributed by atoms with Crippen molar-refractivity contribution in [2.75, 3.05) is 0 Å². The summed E-state index contributed by atoms with van der Waals surface area (Å²) in [5.41, 5.74) is 0. The summed E-state index contributed by atoms with van der Waals surface area (Å²) in [6.45, 7) is 0. The normalized spacial score (nSPS) is 2.18. The molecule has 0 saturated carbocycles. The van der Waals surface area contributed by atoms with Crippen LogP contribution in [0, 0.1) is 20.2 Å². The van der Waals surface area contributed by atoms with Crippen LogP contribution < -0.4 is 24.6 Å². The third kappa shape index (κ3) is 1020. The van der Waals surface area contributed by atoms with Crippen LogP contribution in [0.3, 0.4) is 0 Å². The Kier molecular flexibility index (Phi) is 2810. The average molecular weight is 267 g/mol. The molecule has 0 saturated heterocycles. The molecule has 10 nitrogen and oxygen atoms in total. The van der Waals surface area contributed by atoms with Gasteiger partial charge in [-0.2, -0.15) is 0 Å². The zero-order chi connectivity index (χ0) is 5.41. The van der Waals surface area contributed by atoms with Crippen molar-refractivity contribution >= 4 is 0 Å². The van der Waals surface area contributed by atoms with E-state index in [0.717, 1.165) is 10.7 Å². The molecule has 0 unspecified atom stereocenters. The molecule has 11 heavy (non-hydrogen) atoms. The van der Waals surface area contributed by atoms with Crippen molar-refractivity contribution in [2.45, 2.75) is 0 Å². The van der Waals surface area contributed by atoms with Crippen LogP contribution in [-0.4, -0.2) is 0 Å². The van der Waals surface area contributed by atoms with Gasteiger partial charge in [0, 0.05) is 20.4 Å². The molecule has 0 aromatic rings. The van der Waals surface area contributed by atoms with E-state index in [0.29, 0.717) is 0 Å². The van der Waals surface area contributed by atoms with Crippen LogP contribution in [-0.2, 0) is 20.4 Å². The minimum Gasteiger partial charge on any atom is -0.444 e. The predicted octanol–water partition coefficient (Wildman–Crippen LogP) is 1.15. The van der Waals surface area contributed by atoms with E-state index in [1.165, 1.54) is 0 Å². The quantitative estimate of drug-likeness (QED) is 0.280. The fraction of sp³-hybridized carbons (Fsp3) is 0. The average Bonchev–Trinajstić information content (AvgIpc) is 1.39. The van der Waals surface area contributed by atoms with Crippen LogP contribution >= 0.6 is 0 Å². The van der Waals surface area contributed by atoms with Gasteiger partial charge in [0.15, 0.2) is 0 Å². The molecule has 0 amide bonds. The molecule has 0 bridgehead atoms. The third-order valence-corrected chi connectivity index (χ3v) is 0. The number of rotatable bonds is 0. The molecule has 0 rings (SSSR count). The first-order valence-electron chi connectivity index (χ1n) is 0.730. The number of hydrogen-bond donors (Lipinski definition) is 4. The zero-order valence-electron chi connectivity index (χ0n) is 5.67. The van der Waals surface area contributed by atoms with Gasteiger partial charge in [-0.1, -0.05) is 0 Å². The Bertz CT molecular complexity index is 35.6. The Morgan fingerprint density at radius 1 is 0.727 bits per heavy atom. The first-order valence-corrected chi connectivity index (χ1v) is 0.730. The molecule has 12 N–H and O–H groups in total. The zero-order valence-corrected chi connectivity index (χ0v) is 7.23. The summed E-state index contributed by atoms with van der Waals surface area (Å²) in [6.07, 6.45) is 0. The Morgan fingerprint density at radius 3 is 0.727 bits per heavy atom. The molecule has 0 spiro atoms. The van der Waals surface area contributed by atoms with Gasteiger partial charge in [-0.05, 0) is 0 Å². The molecule has 0 aliphatic carbocycles. The second-order valence-corrected chi connectivity index (χ2v) is 0.149. The van der Waals surface area contributed by atoms with E-state index in [1.807, 2.05) is 0 Å². The molecule has 0 atom stereocenters. The summed E-state index contributed by atoms with van der Waals surface area (Å²) in [6, 6.07) is 0. The van der Waals surface area contributed by atoms with Gasteiger partial charge in [-0.3, -0.25) is 0 Å². The Balaban J connectivity index is -0.00000000400.